The van der Waals surface area contributed by atoms with Crippen molar-refractivity contribution in [3.63, 3.8) is 0 Å². The molecule has 41 heavy (non-hydrogen) atoms. The van der Waals surface area contributed by atoms with Gasteiger partial charge >= 0.3 is 0 Å². The first-order valence-corrected chi connectivity index (χ1v) is 15.3. The van der Waals surface area contributed by atoms with E-state index in [1.807, 2.05) is 62.1 Å². The molecule has 214 valence electrons. The number of aromatic nitrogens is 3. The van der Waals surface area contributed by atoms with E-state index in [1.165, 1.54) is 0 Å². The van der Waals surface area contributed by atoms with Crippen LogP contribution in [0.2, 0.25) is 15.1 Å². The maximum absolute atomic E-state index is 6.33. The Bertz CT molecular complexity index is 1570. The summed E-state index contributed by atoms with van der Waals surface area (Å²) in [6.07, 6.45) is 1.63. The van der Waals surface area contributed by atoms with Gasteiger partial charge in [-0.15, -0.1) is 0 Å². The molecule has 0 amide bonds. The molecule has 2 N–H and O–H groups in total. The van der Waals surface area contributed by atoms with Gasteiger partial charge in [0.1, 0.15) is 12.4 Å². The van der Waals surface area contributed by atoms with Crippen LogP contribution in [0.5, 0.6) is 5.75 Å². The number of nitrogens with one attached hydrogen (secondary N) is 2. The number of hydrogen-bond acceptors (Lipinski definition) is 8. The highest BCUT2D eigenvalue weighted by Crippen LogP contribution is 2.33. The summed E-state index contributed by atoms with van der Waals surface area (Å²) >= 11 is 25.8. The number of hydrogen-bond donors (Lipinski definition) is 2. The maximum atomic E-state index is 6.33. The van der Waals surface area contributed by atoms with E-state index >= 15 is 0 Å². The van der Waals surface area contributed by atoms with Gasteiger partial charge in [-0.2, -0.15) is 20.1 Å². The lowest BCUT2D eigenvalue weighted by molar-refractivity contribution is 0.304. The minimum absolute atomic E-state index is 0.239. The van der Waals surface area contributed by atoms with Crippen molar-refractivity contribution in [1.82, 2.24) is 15.0 Å². The van der Waals surface area contributed by atoms with Gasteiger partial charge in [0.25, 0.3) is 0 Å². The fourth-order valence-electron chi connectivity index (χ4n) is 3.69. The van der Waals surface area contributed by atoms with Crippen molar-refractivity contribution in [3.8, 4) is 5.75 Å². The first-order chi connectivity index (χ1) is 19.7. The van der Waals surface area contributed by atoms with Gasteiger partial charge in [-0.05, 0) is 78.7 Å². The second-order valence-corrected chi connectivity index (χ2v) is 11.8. The monoisotopic (exact) mass is 739 g/mol. The molecule has 0 aliphatic rings. The molecule has 0 bridgehead atoms. The van der Waals surface area contributed by atoms with Crippen molar-refractivity contribution in [2.45, 2.75) is 27.4 Å². The van der Waals surface area contributed by atoms with E-state index in [0.717, 1.165) is 38.8 Å². The lowest BCUT2D eigenvalue weighted by Crippen LogP contribution is -2.25. The molecule has 13 heteroatoms. The molecule has 4 rings (SSSR count). The molecule has 1 heterocycles. The van der Waals surface area contributed by atoms with Crippen molar-refractivity contribution in [2.75, 3.05) is 28.7 Å². The van der Waals surface area contributed by atoms with Crippen LogP contribution in [0, 0.1) is 6.92 Å². The Kier molecular flexibility index (Phi) is 11.1. The minimum Gasteiger partial charge on any atom is -0.487 e. The Labute approximate surface area is 270 Å². The Balaban J connectivity index is 1.59. The van der Waals surface area contributed by atoms with Gasteiger partial charge in [0, 0.05) is 49.4 Å². The number of nitrogens with zero attached hydrogens (tertiary/aromatic N) is 5. The third kappa shape index (κ3) is 8.45. The summed E-state index contributed by atoms with van der Waals surface area (Å²) in [5.41, 5.74) is 6.17. The SMILES string of the molecule is CCN(CC)c1nc(NN=Cc2cc(Br)cc(Br)c2OCc2ccc(Cl)cc2Cl)nc(Nc2ccc(C)c(Cl)c2)n1. The zero-order chi connectivity index (χ0) is 29.5. The standard InChI is InChI=1S/C28H26Br2Cl3N7O/c1-4-40(5-2)28-37-26(35-21-9-6-16(3)23(32)13-21)36-27(38-28)39-34-14-18-10-19(29)11-22(30)25(18)41-15-17-7-8-20(31)12-24(17)33/h6-14H,4-5,15H2,1-3H3,(H2,35,36,37,38,39). The molecule has 0 radical (unpaired) electrons. The van der Waals surface area contributed by atoms with E-state index in [2.05, 4.69) is 62.7 Å². The average Bonchev–Trinajstić information content (AvgIpc) is 2.92. The quantitative estimate of drug-likeness (QED) is 0.117. The van der Waals surface area contributed by atoms with E-state index in [1.54, 1.807) is 18.3 Å². The van der Waals surface area contributed by atoms with Gasteiger partial charge in [-0.25, -0.2) is 5.43 Å². The molecule has 8 nitrogen and oxygen atoms in total. The molecule has 0 spiro atoms. The second-order valence-electron chi connectivity index (χ2n) is 8.74. The van der Waals surface area contributed by atoms with Crippen LogP contribution in [0.1, 0.15) is 30.5 Å². The lowest BCUT2D eigenvalue weighted by Gasteiger charge is -2.19. The molecule has 0 fully saturated rings. The molecule has 3 aromatic carbocycles. The number of rotatable bonds is 11. The molecule has 0 unspecified atom stereocenters. The summed E-state index contributed by atoms with van der Waals surface area (Å²) in [6, 6.07) is 14.7. The van der Waals surface area contributed by atoms with Crippen LogP contribution in [0.3, 0.4) is 0 Å². The van der Waals surface area contributed by atoms with Gasteiger partial charge in [-0.3, -0.25) is 0 Å². The maximum Gasteiger partial charge on any atom is 0.250 e. The predicted molar refractivity (Wildman–Crippen MR) is 177 cm³/mol. The summed E-state index contributed by atoms with van der Waals surface area (Å²) in [5.74, 6) is 1.72. The normalized spacial score (nSPS) is 11.1. The van der Waals surface area contributed by atoms with Gasteiger partial charge in [0.2, 0.25) is 17.8 Å². The van der Waals surface area contributed by atoms with Crippen LogP contribution < -0.4 is 20.4 Å². The number of aryl methyl sites for hydroxylation is 1. The van der Waals surface area contributed by atoms with Gasteiger partial charge in [0.15, 0.2) is 0 Å². The Hall–Kier alpha value is -2.63. The second kappa shape index (κ2) is 14.5. The molecule has 4 aromatic rings. The first-order valence-electron chi connectivity index (χ1n) is 12.6. The van der Waals surface area contributed by atoms with Crippen molar-refractivity contribution < 1.29 is 4.74 Å². The number of ether oxygens (including phenoxy) is 1. The van der Waals surface area contributed by atoms with E-state index in [0.29, 0.717) is 38.3 Å². The summed E-state index contributed by atoms with van der Waals surface area (Å²) in [7, 11) is 0. The van der Waals surface area contributed by atoms with Crippen molar-refractivity contribution in [2.24, 2.45) is 5.10 Å². The number of halogens is 5. The first kappa shape index (κ1) is 31.3. The van der Waals surface area contributed by atoms with Gasteiger partial charge in [-0.1, -0.05) is 62.9 Å². The summed E-state index contributed by atoms with van der Waals surface area (Å²) in [6.45, 7) is 7.71. The fraction of sp³-hybridized carbons (Fsp3) is 0.214. The summed E-state index contributed by atoms with van der Waals surface area (Å²) in [4.78, 5) is 15.7. The van der Waals surface area contributed by atoms with Crippen LogP contribution >= 0.6 is 66.7 Å². The third-order valence-electron chi connectivity index (χ3n) is 5.89. The highest BCUT2D eigenvalue weighted by molar-refractivity contribution is 9.11. The van der Waals surface area contributed by atoms with E-state index in [-0.39, 0.29) is 12.6 Å². The zero-order valence-corrected chi connectivity index (χ0v) is 27.8. The smallest absolute Gasteiger partial charge is 0.250 e. The minimum atomic E-state index is 0.239. The predicted octanol–water partition coefficient (Wildman–Crippen LogP) is 9.28. The van der Waals surface area contributed by atoms with Crippen LogP contribution in [0.15, 0.2) is 62.6 Å². The summed E-state index contributed by atoms with van der Waals surface area (Å²) < 4.78 is 7.72. The van der Waals surface area contributed by atoms with Crippen molar-refractivity contribution >= 4 is 96.4 Å². The highest BCUT2D eigenvalue weighted by Gasteiger charge is 2.14. The summed E-state index contributed by atoms with van der Waals surface area (Å²) in [5, 5.41) is 9.35. The van der Waals surface area contributed by atoms with Gasteiger partial charge in [0.05, 0.1) is 10.7 Å². The Morgan fingerprint density at radius 2 is 1.68 bits per heavy atom. The van der Waals surface area contributed by atoms with Crippen LogP contribution in [-0.4, -0.2) is 34.3 Å². The van der Waals surface area contributed by atoms with Crippen molar-refractivity contribution in [3.05, 3.63) is 89.2 Å². The average molecular weight is 743 g/mol. The van der Waals surface area contributed by atoms with E-state index in [4.69, 9.17) is 39.5 Å². The van der Waals surface area contributed by atoms with Crippen LogP contribution in [0.25, 0.3) is 0 Å². The topological polar surface area (TPSA) is 87.6 Å². The zero-order valence-electron chi connectivity index (χ0n) is 22.4. The molecule has 0 saturated heterocycles. The van der Waals surface area contributed by atoms with Crippen LogP contribution in [0.4, 0.5) is 23.5 Å². The third-order valence-corrected chi connectivity index (χ3v) is 7.93. The molecule has 0 atom stereocenters. The Morgan fingerprint density at radius 3 is 2.39 bits per heavy atom. The molecular weight excluding hydrogens is 717 g/mol. The van der Waals surface area contributed by atoms with E-state index < -0.39 is 0 Å². The molecule has 0 saturated carbocycles. The number of anilines is 4. The molecule has 0 aliphatic carbocycles. The van der Waals surface area contributed by atoms with Crippen LogP contribution in [-0.2, 0) is 6.61 Å². The number of benzene rings is 3. The molecule has 1 aromatic heterocycles. The lowest BCUT2D eigenvalue weighted by atomic mass is 10.2. The number of hydrazone groups is 1. The van der Waals surface area contributed by atoms with Gasteiger partial charge < -0.3 is 15.0 Å². The van der Waals surface area contributed by atoms with Crippen molar-refractivity contribution in [1.29, 1.82) is 0 Å². The molecular formula is C28H26Br2Cl3N7O. The molecule has 0 aliphatic heterocycles. The Morgan fingerprint density at radius 1 is 0.927 bits per heavy atom. The fourth-order valence-corrected chi connectivity index (χ4v) is 5.71. The highest BCUT2D eigenvalue weighted by atomic mass is 79.9. The largest absolute Gasteiger partial charge is 0.487 e. The van der Waals surface area contributed by atoms with E-state index in [9.17, 15) is 0 Å².